The fourth-order valence-electron chi connectivity index (χ4n) is 3.83. The maximum absolute atomic E-state index is 11.2. The molecular weight excluding hydrogens is 602 g/mol. The van der Waals surface area contributed by atoms with Crippen LogP contribution in [0.15, 0.2) is 74.6 Å². The summed E-state index contributed by atoms with van der Waals surface area (Å²) in [6.07, 6.45) is 0. The fourth-order valence-corrected chi connectivity index (χ4v) is 5.02. The van der Waals surface area contributed by atoms with Crippen molar-refractivity contribution in [2.24, 2.45) is 10.2 Å². The smallest absolute Gasteiger partial charge is 0.233 e. The Morgan fingerprint density at radius 2 is 1.51 bits per heavy atom. The van der Waals surface area contributed by atoms with Gasteiger partial charge < -0.3 is 21.3 Å². The number of hydrogen-bond acceptors (Lipinski definition) is 17. The molecule has 7 N–H and O–H groups in total. The molecule has 0 saturated heterocycles. The SMILES string of the molecule is Nc1nc(Cl)nc(Nc2ccc3c(O)c(N=Nc4c(O)cc(SOOO)c5ccccc45)c(SOOO)cc3c2)n1. The summed E-state index contributed by atoms with van der Waals surface area (Å²) in [7, 11) is 0. The third-order valence-corrected chi connectivity index (χ3v) is 6.88. The van der Waals surface area contributed by atoms with Crippen LogP contribution in [0.5, 0.6) is 11.5 Å². The average Bonchev–Trinajstić information content (AvgIpc) is 2.94. The predicted molar refractivity (Wildman–Crippen MR) is 149 cm³/mol. The minimum absolute atomic E-state index is 0.0452. The summed E-state index contributed by atoms with van der Waals surface area (Å²) >= 11 is 7.07. The Morgan fingerprint density at radius 3 is 2.24 bits per heavy atom. The average molecular weight is 618 g/mol. The Labute approximate surface area is 242 Å². The first kappa shape index (κ1) is 28.5. The highest BCUT2D eigenvalue weighted by Crippen LogP contribution is 2.46. The summed E-state index contributed by atoms with van der Waals surface area (Å²) in [4.78, 5) is 12.3. The molecule has 5 aromatic rings. The van der Waals surface area contributed by atoms with Gasteiger partial charge >= 0.3 is 0 Å². The highest BCUT2D eigenvalue weighted by Gasteiger charge is 2.18. The number of aromatic nitrogens is 3. The fraction of sp³-hybridized carbons (Fsp3) is 0. The number of aromatic hydroxyl groups is 2. The minimum Gasteiger partial charge on any atom is -0.506 e. The third kappa shape index (κ3) is 6.33. The zero-order valence-corrected chi connectivity index (χ0v) is 22.5. The standard InChI is InChI=1S/C23H16ClN7O8S2/c24-21-27-22(25)29-23(28-21)26-11-5-6-12-10(7-11)8-17(41-39-37-35)19(20(12)33)31-30-18-14-4-2-1-3-13(14)16(9-15(18)32)40-38-36-34/h1-9,32-35H,(H3,25,26,27,28,29). The van der Waals surface area contributed by atoms with Gasteiger partial charge in [-0.2, -0.15) is 15.0 Å². The number of anilines is 3. The summed E-state index contributed by atoms with van der Waals surface area (Å²) < 4.78 is 9.12. The Hall–Kier alpha value is -4.04. The number of halogens is 1. The highest BCUT2D eigenvalue weighted by molar-refractivity contribution is 7.95. The van der Waals surface area contributed by atoms with E-state index in [1.165, 1.54) is 6.07 Å². The van der Waals surface area contributed by atoms with Crippen molar-refractivity contribution < 1.29 is 39.5 Å². The molecule has 18 heteroatoms. The highest BCUT2D eigenvalue weighted by atomic mass is 35.5. The maximum Gasteiger partial charge on any atom is 0.233 e. The molecule has 0 spiro atoms. The number of benzene rings is 4. The molecule has 41 heavy (non-hydrogen) atoms. The lowest BCUT2D eigenvalue weighted by atomic mass is 10.1. The van der Waals surface area contributed by atoms with Gasteiger partial charge in [-0.1, -0.05) is 34.3 Å². The molecule has 0 atom stereocenters. The lowest BCUT2D eigenvalue weighted by molar-refractivity contribution is -0.432. The van der Waals surface area contributed by atoms with Gasteiger partial charge in [-0.05, 0) is 47.3 Å². The van der Waals surface area contributed by atoms with E-state index in [-0.39, 0.29) is 44.9 Å². The second kappa shape index (κ2) is 12.6. The Morgan fingerprint density at radius 1 is 0.805 bits per heavy atom. The summed E-state index contributed by atoms with van der Waals surface area (Å²) in [5.41, 5.74) is 6.18. The van der Waals surface area contributed by atoms with Crippen LogP contribution >= 0.6 is 35.7 Å². The zero-order valence-electron chi connectivity index (χ0n) is 20.1. The van der Waals surface area contributed by atoms with Gasteiger partial charge in [-0.15, -0.1) is 18.9 Å². The second-order valence-corrected chi connectivity index (χ2v) is 9.68. The monoisotopic (exact) mass is 617 g/mol. The van der Waals surface area contributed by atoms with Gasteiger partial charge in [-0.25, -0.2) is 10.5 Å². The lowest BCUT2D eigenvalue weighted by Gasteiger charge is -2.12. The quantitative estimate of drug-likeness (QED) is 0.0408. The van der Waals surface area contributed by atoms with Crippen molar-refractivity contribution >= 4 is 86.2 Å². The number of phenolic OH excluding ortho intramolecular Hbond substituents is 2. The topological polar surface area (TPSA) is 219 Å². The van der Waals surface area contributed by atoms with Gasteiger partial charge in [0.05, 0.1) is 33.9 Å². The van der Waals surface area contributed by atoms with Crippen molar-refractivity contribution in [1.82, 2.24) is 15.0 Å². The van der Waals surface area contributed by atoms with Crippen LogP contribution in [0.4, 0.5) is 29.0 Å². The van der Waals surface area contributed by atoms with Crippen LogP contribution < -0.4 is 11.1 Å². The van der Waals surface area contributed by atoms with E-state index in [4.69, 9.17) is 27.8 Å². The molecule has 0 aliphatic carbocycles. The van der Waals surface area contributed by atoms with Crippen molar-refractivity contribution in [2.45, 2.75) is 9.79 Å². The molecule has 0 aliphatic rings. The first-order chi connectivity index (χ1) is 19.9. The largest absolute Gasteiger partial charge is 0.506 e. The number of rotatable bonds is 10. The molecule has 1 aromatic heterocycles. The number of fused-ring (bicyclic) bond motifs is 2. The summed E-state index contributed by atoms with van der Waals surface area (Å²) in [5, 5.41) is 59.7. The summed E-state index contributed by atoms with van der Waals surface area (Å²) in [6, 6.07) is 14.8. The Balaban J connectivity index is 1.56. The summed E-state index contributed by atoms with van der Waals surface area (Å²) in [6.45, 7) is 0. The van der Waals surface area contributed by atoms with E-state index in [1.807, 2.05) is 0 Å². The third-order valence-electron chi connectivity index (χ3n) is 5.45. The number of azo groups is 1. The molecule has 0 fully saturated rings. The molecule has 0 amide bonds. The molecule has 1 heterocycles. The molecule has 15 nitrogen and oxygen atoms in total. The van der Waals surface area contributed by atoms with E-state index >= 15 is 0 Å². The van der Waals surface area contributed by atoms with Gasteiger partial charge in [0.2, 0.25) is 17.2 Å². The molecule has 4 aromatic carbocycles. The minimum atomic E-state index is -0.279. The van der Waals surface area contributed by atoms with E-state index in [0.717, 1.165) is 0 Å². The first-order valence-electron chi connectivity index (χ1n) is 11.1. The number of nitrogens with one attached hydrogen (secondary N) is 1. The van der Waals surface area contributed by atoms with Crippen LogP contribution in [0, 0.1) is 0 Å². The number of phenols is 2. The van der Waals surface area contributed by atoms with Gasteiger partial charge in [0.15, 0.2) is 5.75 Å². The number of nitrogen functional groups attached to an aromatic ring is 1. The van der Waals surface area contributed by atoms with Crippen LogP contribution in [0.3, 0.4) is 0 Å². The Kier molecular flexibility index (Phi) is 8.78. The Bertz CT molecular complexity index is 1760. The van der Waals surface area contributed by atoms with Gasteiger partial charge in [0.1, 0.15) is 17.1 Å². The molecule has 0 bridgehead atoms. The number of hydrogen-bond donors (Lipinski definition) is 6. The van der Waals surface area contributed by atoms with Crippen molar-refractivity contribution in [3.05, 3.63) is 59.9 Å². The van der Waals surface area contributed by atoms with E-state index in [1.54, 1.807) is 48.5 Å². The zero-order chi connectivity index (χ0) is 28.9. The van der Waals surface area contributed by atoms with Crippen LogP contribution in [0.1, 0.15) is 0 Å². The van der Waals surface area contributed by atoms with Crippen LogP contribution in [-0.4, -0.2) is 35.7 Å². The molecular formula is C23H16ClN7O8S2. The molecule has 0 radical (unpaired) electrons. The van der Waals surface area contributed by atoms with Crippen LogP contribution in [0.2, 0.25) is 5.28 Å². The van der Waals surface area contributed by atoms with Crippen LogP contribution in [-0.2, 0) is 18.7 Å². The van der Waals surface area contributed by atoms with E-state index in [0.29, 0.717) is 56.2 Å². The van der Waals surface area contributed by atoms with Gasteiger partial charge in [0.25, 0.3) is 0 Å². The van der Waals surface area contributed by atoms with Crippen LogP contribution in [0.25, 0.3) is 21.5 Å². The van der Waals surface area contributed by atoms with Crippen molar-refractivity contribution in [3.63, 3.8) is 0 Å². The van der Waals surface area contributed by atoms with Crippen molar-refractivity contribution in [2.75, 3.05) is 11.1 Å². The lowest BCUT2D eigenvalue weighted by Crippen LogP contribution is -2.03. The second-order valence-electron chi connectivity index (χ2n) is 7.86. The van der Waals surface area contributed by atoms with Crippen molar-refractivity contribution in [1.29, 1.82) is 0 Å². The van der Waals surface area contributed by atoms with E-state index < -0.39 is 0 Å². The number of nitrogens with two attached hydrogens (primary N) is 1. The molecule has 0 saturated carbocycles. The normalized spacial score (nSPS) is 11.6. The van der Waals surface area contributed by atoms with E-state index in [2.05, 4.69) is 49.2 Å². The molecule has 5 rings (SSSR count). The maximum atomic E-state index is 11.2. The molecule has 0 unspecified atom stereocenters. The van der Waals surface area contributed by atoms with Gasteiger partial charge in [-0.3, -0.25) is 0 Å². The number of nitrogens with zero attached hydrogens (tertiary/aromatic N) is 5. The van der Waals surface area contributed by atoms with Gasteiger partial charge in [0, 0.05) is 21.8 Å². The van der Waals surface area contributed by atoms with E-state index in [9.17, 15) is 10.2 Å². The summed E-state index contributed by atoms with van der Waals surface area (Å²) in [5.74, 6) is -0.509. The predicted octanol–water partition coefficient (Wildman–Crippen LogP) is 6.84. The molecule has 0 aliphatic heterocycles. The van der Waals surface area contributed by atoms with Crippen molar-refractivity contribution in [3.8, 4) is 11.5 Å². The molecule has 210 valence electrons. The first-order valence-corrected chi connectivity index (χ1v) is 12.9.